The molecule has 3 rings (SSSR count). The first-order valence-electron chi connectivity index (χ1n) is 9.56. The van der Waals surface area contributed by atoms with E-state index in [9.17, 15) is 9.59 Å². The largest absolute Gasteiger partial charge is 0.455 e. The van der Waals surface area contributed by atoms with E-state index in [4.69, 9.17) is 14.9 Å². The summed E-state index contributed by atoms with van der Waals surface area (Å²) in [7, 11) is 0. The van der Waals surface area contributed by atoms with Crippen LogP contribution < -0.4 is 5.43 Å². The molecule has 0 atom stereocenters. The lowest BCUT2D eigenvalue weighted by molar-refractivity contribution is 0.0760. The van der Waals surface area contributed by atoms with Crippen molar-refractivity contribution in [2.24, 2.45) is 5.10 Å². The molecule has 8 heteroatoms. The van der Waals surface area contributed by atoms with Crippen molar-refractivity contribution in [3.63, 3.8) is 0 Å². The quantitative estimate of drug-likeness (QED) is 0.607. The summed E-state index contributed by atoms with van der Waals surface area (Å²) in [6.45, 7) is 3.19. The SMILES string of the molecule is Cc1ccccc1C(=O)N/N=C1\CCCc2oc(C(=O)N(CC#N)CC#N)c(C)c21. The minimum Gasteiger partial charge on any atom is -0.455 e. The molecule has 0 bridgehead atoms. The van der Waals surface area contributed by atoms with Gasteiger partial charge in [0.25, 0.3) is 11.8 Å². The van der Waals surface area contributed by atoms with E-state index in [1.54, 1.807) is 19.1 Å². The van der Waals surface area contributed by atoms with E-state index in [0.29, 0.717) is 41.0 Å². The zero-order valence-corrected chi connectivity index (χ0v) is 16.9. The van der Waals surface area contributed by atoms with Crippen molar-refractivity contribution < 1.29 is 14.0 Å². The number of fused-ring (bicyclic) bond motifs is 1. The smallest absolute Gasteiger partial charge is 0.291 e. The van der Waals surface area contributed by atoms with Crippen molar-refractivity contribution in [2.45, 2.75) is 33.1 Å². The maximum atomic E-state index is 12.8. The Morgan fingerprint density at radius 3 is 2.53 bits per heavy atom. The number of nitrogens with zero attached hydrogens (tertiary/aromatic N) is 4. The number of carbonyl (C=O) groups excluding carboxylic acids is 2. The highest BCUT2D eigenvalue weighted by molar-refractivity contribution is 6.07. The summed E-state index contributed by atoms with van der Waals surface area (Å²) in [6.07, 6.45) is 2.05. The molecule has 0 radical (unpaired) electrons. The van der Waals surface area contributed by atoms with Crippen molar-refractivity contribution in [1.82, 2.24) is 10.3 Å². The first-order chi connectivity index (χ1) is 14.5. The number of benzene rings is 1. The van der Waals surface area contributed by atoms with Gasteiger partial charge in [-0.15, -0.1) is 0 Å². The topological polar surface area (TPSA) is 122 Å². The van der Waals surface area contributed by atoms with E-state index in [1.807, 2.05) is 31.2 Å². The van der Waals surface area contributed by atoms with Crippen LogP contribution in [-0.4, -0.2) is 35.5 Å². The van der Waals surface area contributed by atoms with Gasteiger partial charge < -0.3 is 9.32 Å². The van der Waals surface area contributed by atoms with Crippen LogP contribution in [0.3, 0.4) is 0 Å². The molecule has 1 aliphatic carbocycles. The van der Waals surface area contributed by atoms with Crippen LogP contribution in [0.2, 0.25) is 0 Å². The fraction of sp³-hybridized carbons (Fsp3) is 0.318. The number of aryl methyl sites for hydroxylation is 2. The summed E-state index contributed by atoms with van der Waals surface area (Å²) in [5.41, 5.74) is 5.95. The average molecular weight is 403 g/mol. The van der Waals surface area contributed by atoms with Crippen LogP contribution in [0.15, 0.2) is 33.8 Å². The number of hydrazone groups is 1. The number of hydrogen-bond donors (Lipinski definition) is 1. The first-order valence-corrected chi connectivity index (χ1v) is 9.56. The van der Waals surface area contributed by atoms with Crippen LogP contribution >= 0.6 is 0 Å². The zero-order chi connectivity index (χ0) is 21.7. The minimum absolute atomic E-state index is 0.102. The molecule has 152 valence electrons. The lowest BCUT2D eigenvalue weighted by Gasteiger charge is -2.14. The Kier molecular flexibility index (Phi) is 6.29. The molecule has 0 aliphatic heterocycles. The maximum Gasteiger partial charge on any atom is 0.291 e. The third kappa shape index (κ3) is 4.08. The van der Waals surface area contributed by atoms with Gasteiger partial charge in [0.05, 0.1) is 17.9 Å². The van der Waals surface area contributed by atoms with E-state index in [-0.39, 0.29) is 24.8 Å². The van der Waals surface area contributed by atoms with E-state index >= 15 is 0 Å². The molecule has 0 unspecified atom stereocenters. The number of hydrogen-bond acceptors (Lipinski definition) is 6. The van der Waals surface area contributed by atoms with Gasteiger partial charge in [-0.05, 0) is 38.3 Å². The van der Waals surface area contributed by atoms with Crippen LogP contribution in [0.4, 0.5) is 0 Å². The van der Waals surface area contributed by atoms with Gasteiger partial charge in [0.15, 0.2) is 5.76 Å². The van der Waals surface area contributed by atoms with Crippen molar-refractivity contribution in [2.75, 3.05) is 13.1 Å². The third-order valence-corrected chi connectivity index (χ3v) is 5.01. The summed E-state index contributed by atoms with van der Waals surface area (Å²) >= 11 is 0. The summed E-state index contributed by atoms with van der Waals surface area (Å²) in [5.74, 6) is -0.0853. The lowest BCUT2D eigenvalue weighted by Crippen LogP contribution is -2.32. The molecule has 1 aromatic heterocycles. The third-order valence-electron chi connectivity index (χ3n) is 5.01. The number of nitriles is 2. The van der Waals surface area contributed by atoms with Crippen LogP contribution in [0, 0.1) is 36.5 Å². The molecule has 8 nitrogen and oxygen atoms in total. The second-order valence-corrected chi connectivity index (χ2v) is 7.00. The highest BCUT2D eigenvalue weighted by atomic mass is 16.4. The summed E-state index contributed by atoms with van der Waals surface area (Å²) < 4.78 is 5.81. The standard InChI is InChI=1S/C22H21N5O3/c1-14-6-3-4-7-16(14)21(28)26-25-17-8-5-9-18-19(17)15(2)20(30-18)22(29)27(12-10-23)13-11-24/h3-4,6-7H,5,8-9,12-13H2,1-2H3,(H,26,28)/b25-17+. The first kappa shape index (κ1) is 20.8. The molecule has 0 spiro atoms. The molecule has 0 saturated carbocycles. The number of carbonyl (C=O) groups is 2. The van der Waals surface area contributed by atoms with Crippen molar-refractivity contribution in [3.8, 4) is 12.1 Å². The molecular formula is C22H21N5O3. The van der Waals surface area contributed by atoms with Gasteiger partial charge >= 0.3 is 0 Å². The van der Waals surface area contributed by atoms with Gasteiger partial charge in [-0.2, -0.15) is 15.6 Å². The molecular weight excluding hydrogens is 382 g/mol. The normalized spacial score (nSPS) is 13.8. The zero-order valence-electron chi connectivity index (χ0n) is 16.9. The molecule has 0 fully saturated rings. The summed E-state index contributed by atoms with van der Waals surface area (Å²) in [6, 6.07) is 11.0. The Morgan fingerprint density at radius 2 is 1.87 bits per heavy atom. The van der Waals surface area contributed by atoms with Crippen LogP contribution in [0.1, 0.15) is 56.2 Å². The Hall–Kier alpha value is -3.91. The molecule has 30 heavy (non-hydrogen) atoms. The molecule has 1 aliphatic rings. The van der Waals surface area contributed by atoms with Crippen LogP contribution in [-0.2, 0) is 6.42 Å². The fourth-order valence-electron chi connectivity index (χ4n) is 3.50. The molecule has 0 saturated heterocycles. The highest BCUT2D eigenvalue weighted by Crippen LogP contribution is 2.30. The van der Waals surface area contributed by atoms with Gasteiger partial charge in [0, 0.05) is 23.1 Å². The van der Waals surface area contributed by atoms with E-state index in [0.717, 1.165) is 16.9 Å². The fourth-order valence-corrected chi connectivity index (χ4v) is 3.50. The monoisotopic (exact) mass is 403 g/mol. The van der Waals surface area contributed by atoms with E-state index in [2.05, 4.69) is 10.5 Å². The van der Waals surface area contributed by atoms with E-state index < -0.39 is 5.91 Å². The number of furan rings is 1. The number of rotatable bonds is 5. The maximum absolute atomic E-state index is 12.8. The molecule has 2 aromatic rings. The minimum atomic E-state index is -0.506. The Bertz CT molecular complexity index is 1080. The number of nitrogens with one attached hydrogen (secondary N) is 1. The predicted molar refractivity (Wildman–Crippen MR) is 109 cm³/mol. The van der Waals surface area contributed by atoms with Gasteiger partial charge in [0.2, 0.25) is 0 Å². The van der Waals surface area contributed by atoms with Crippen LogP contribution in [0.5, 0.6) is 0 Å². The molecule has 1 N–H and O–H groups in total. The molecule has 2 amide bonds. The van der Waals surface area contributed by atoms with Crippen molar-refractivity contribution >= 4 is 17.5 Å². The highest BCUT2D eigenvalue weighted by Gasteiger charge is 2.30. The van der Waals surface area contributed by atoms with Crippen molar-refractivity contribution in [3.05, 3.63) is 58.0 Å². The summed E-state index contributed by atoms with van der Waals surface area (Å²) in [5, 5.41) is 22.2. The van der Waals surface area contributed by atoms with Gasteiger partial charge in [-0.1, -0.05) is 18.2 Å². The van der Waals surface area contributed by atoms with Gasteiger partial charge in [-0.25, -0.2) is 5.43 Å². The summed E-state index contributed by atoms with van der Waals surface area (Å²) in [4.78, 5) is 26.4. The van der Waals surface area contributed by atoms with Crippen molar-refractivity contribution in [1.29, 1.82) is 10.5 Å². The van der Waals surface area contributed by atoms with Crippen LogP contribution in [0.25, 0.3) is 0 Å². The lowest BCUT2D eigenvalue weighted by atomic mass is 9.93. The van der Waals surface area contributed by atoms with Gasteiger partial charge in [0.1, 0.15) is 18.8 Å². The van der Waals surface area contributed by atoms with E-state index in [1.165, 1.54) is 0 Å². The second kappa shape index (κ2) is 9.06. The van der Waals surface area contributed by atoms with Gasteiger partial charge in [-0.3, -0.25) is 9.59 Å². The number of amides is 2. The second-order valence-electron chi connectivity index (χ2n) is 7.00. The average Bonchev–Trinajstić information content (AvgIpc) is 3.09. The Balaban J connectivity index is 1.89. The predicted octanol–water partition coefficient (Wildman–Crippen LogP) is 2.86. The Morgan fingerprint density at radius 1 is 1.17 bits per heavy atom. The molecule has 1 aromatic carbocycles. The Labute approximate surface area is 174 Å². The molecule has 1 heterocycles.